The van der Waals surface area contributed by atoms with Crippen LogP contribution in [-0.2, 0) is 29.7 Å². The molecule has 1 aromatic rings. The van der Waals surface area contributed by atoms with Gasteiger partial charge in [0.1, 0.15) is 0 Å². The van der Waals surface area contributed by atoms with Crippen molar-refractivity contribution in [2.45, 2.75) is 17.5 Å². The van der Waals surface area contributed by atoms with Crippen molar-refractivity contribution in [2.24, 2.45) is 0 Å². The van der Waals surface area contributed by atoms with Crippen LogP contribution in [-0.4, -0.2) is 29.3 Å². The van der Waals surface area contributed by atoms with E-state index in [0.29, 0.717) is 16.7 Å². The van der Waals surface area contributed by atoms with Crippen molar-refractivity contribution in [2.75, 3.05) is 6.79 Å². The van der Waals surface area contributed by atoms with Crippen LogP contribution in [0, 0.1) is 10.1 Å². The van der Waals surface area contributed by atoms with Crippen molar-refractivity contribution in [3.63, 3.8) is 0 Å². The SMILES string of the molecule is O=C1OC2(OC34C=CC(/C=C/[N+](=O)[O-])=CC3(OCO4)O2)c2ccccc21. The zero-order chi connectivity index (χ0) is 18.0. The number of esters is 1. The smallest absolute Gasteiger partial charge is 0.365 e. The van der Waals surface area contributed by atoms with E-state index in [-0.39, 0.29) is 6.79 Å². The molecule has 1 aromatic carbocycles. The van der Waals surface area contributed by atoms with Gasteiger partial charge in [0.05, 0.1) is 16.1 Å². The fourth-order valence-corrected chi connectivity index (χ4v) is 3.43. The van der Waals surface area contributed by atoms with Gasteiger partial charge in [-0.3, -0.25) is 19.6 Å². The van der Waals surface area contributed by atoms with Crippen molar-refractivity contribution in [1.29, 1.82) is 0 Å². The Labute approximate surface area is 146 Å². The van der Waals surface area contributed by atoms with Crippen LogP contribution in [0.15, 0.2) is 60.3 Å². The molecule has 0 amide bonds. The minimum Gasteiger partial charge on any atom is -0.400 e. The van der Waals surface area contributed by atoms with Crippen LogP contribution < -0.4 is 0 Å². The Morgan fingerprint density at radius 2 is 1.92 bits per heavy atom. The number of carbonyl (C=O) groups is 1. The molecule has 0 N–H and O–H groups in total. The monoisotopic (exact) mass is 357 g/mol. The summed E-state index contributed by atoms with van der Waals surface area (Å²) in [4.78, 5) is 22.2. The number of fused-ring (bicyclic) bond motifs is 2. The van der Waals surface area contributed by atoms with Crippen molar-refractivity contribution >= 4 is 5.97 Å². The highest BCUT2D eigenvalue weighted by molar-refractivity contribution is 5.94. The van der Waals surface area contributed by atoms with Gasteiger partial charge in [0.2, 0.25) is 6.20 Å². The molecule has 1 aliphatic carbocycles. The van der Waals surface area contributed by atoms with Crippen LogP contribution in [0.5, 0.6) is 0 Å². The average Bonchev–Trinajstić information content (AvgIpc) is 3.19. The summed E-state index contributed by atoms with van der Waals surface area (Å²) in [5, 5.41) is 10.6. The largest absolute Gasteiger partial charge is 0.400 e. The van der Waals surface area contributed by atoms with Gasteiger partial charge in [-0.15, -0.1) is 0 Å². The van der Waals surface area contributed by atoms with Crippen LogP contribution in [0.2, 0.25) is 0 Å². The lowest BCUT2D eigenvalue weighted by molar-refractivity contribution is -0.402. The summed E-state index contributed by atoms with van der Waals surface area (Å²) >= 11 is 0. The first-order chi connectivity index (χ1) is 12.5. The van der Waals surface area contributed by atoms with Crippen LogP contribution in [0.3, 0.4) is 0 Å². The molecule has 0 aromatic heterocycles. The van der Waals surface area contributed by atoms with Crippen molar-refractivity contribution < 1.29 is 33.4 Å². The molecule has 1 spiro atoms. The van der Waals surface area contributed by atoms with Crippen molar-refractivity contribution in [3.8, 4) is 0 Å². The van der Waals surface area contributed by atoms with E-state index >= 15 is 0 Å². The highest BCUT2D eigenvalue weighted by Gasteiger charge is 2.75. The number of rotatable bonds is 2. The van der Waals surface area contributed by atoms with Gasteiger partial charge in [0, 0.05) is 6.08 Å². The standard InChI is InChI=1S/C17H11NO8/c19-14-12-3-1-2-4-13(12)17(24-14)25-15-7-5-11(6-8-18(20)21)9-16(15,26-17)23-10-22-15/h1-9H,10H2/b8-6+. The van der Waals surface area contributed by atoms with E-state index in [1.54, 1.807) is 30.3 Å². The second kappa shape index (κ2) is 4.86. The summed E-state index contributed by atoms with van der Waals surface area (Å²) in [6.45, 7) is -0.126. The van der Waals surface area contributed by atoms with Gasteiger partial charge < -0.3 is 14.2 Å². The first-order valence-corrected chi connectivity index (χ1v) is 7.73. The maximum Gasteiger partial charge on any atom is 0.365 e. The summed E-state index contributed by atoms with van der Waals surface area (Å²) in [5.74, 6) is -5.43. The quantitative estimate of drug-likeness (QED) is 0.447. The molecule has 132 valence electrons. The molecule has 5 rings (SSSR count). The average molecular weight is 357 g/mol. The number of nitro groups is 1. The first-order valence-electron chi connectivity index (χ1n) is 7.73. The maximum absolute atomic E-state index is 12.2. The molecule has 0 bridgehead atoms. The second-order valence-electron chi connectivity index (χ2n) is 6.02. The van der Waals surface area contributed by atoms with E-state index in [0.717, 1.165) is 6.20 Å². The lowest BCUT2D eigenvalue weighted by Crippen LogP contribution is -2.47. The molecule has 4 aliphatic rings. The Hall–Kier alpha value is -2.85. The molecule has 0 radical (unpaired) electrons. The summed E-state index contributed by atoms with van der Waals surface area (Å²) < 4.78 is 28.7. The Bertz CT molecular complexity index is 936. The topological polar surface area (TPSA) is 106 Å². The molecule has 3 heterocycles. The molecule has 3 atom stereocenters. The number of ether oxygens (including phenoxy) is 5. The third-order valence-electron chi connectivity index (χ3n) is 4.55. The number of hydrogen-bond acceptors (Lipinski definition) is 8. The number of benzene rings is 1. The van der Waals surface area contributed by atoms with E-state index in [4.69, 9.17) is 23.7 Å². The summed E-state index contributed by atoms with van der Waals surface area (Å²) in [5.41, 5.74) is 1.18. The number of carbonyl (C=O) groups excluding carboxylic acids is 1. The highest BCUT2D eigenvalue weighted by Crippen LogP contribution is 2.59. The minimum atomic E-state index is -1.82. The van der Waals surface area contributed by atoms with E-state index in [1.807, 2.05) is 0 Å². The Morgan fingerprint density at radius 3 is 2.77 bits per heavy atom. The van der Waals surface area contributed by atoms with Gasteiger partial charge in [0.15, 0.2) is 6.79 Å². The molecule has 9 nitrogen and oxygen atoms in total. The predicted octanol–water partition coefficient (Wildman–Crippen LogP) is 1.70. The molecule has 3 aliphatic heterocycles. The lowest BCUT2D eigenvalue weighted by atomic mass is 9.96. The molecule has 9 heteroatoms. The first kappa shape index (κ1) is 15.4. The highest BCUT2D eigenvalue weighted by atomic mass is 17.0. The fraction of sp³-hybridized carbons (Fsp3) is 0.235. The van der Waals surface area contributed by atoms with Gasteiger partial charge in [-0.1, -0.05) is 18.2 Å². The van der Waals surface area contributed by atoms with Crippen LogP contribution in [0.25, 0.3) is 0 Å². The number of allylic oxidation sites excluding steroid dienone is 3. The van der Waals surface area contributed by atoms with E-state index < -0.39 is 28.4 Å². The minimum absolute atomic E-state index is 0.126. The molecule has 26 heavy (non-hydrogen) atoms. The molecule has 2 saturated heterocycles. The van der Waals surface area contributed by atoms with Crippen molar-refractivity contribution in [1.82, 2.24) is 0 Å². The Morgan fingerprint density at radius 1 is 1.15 bits per heavy atom. The van der Waals surface area contributed by atoms with Gasteiger partial charge >= 0.3 is 11.9 Å². The maximum atomic E-state index is 12.2. The third kappa shape index (κ3) is 1.85. The summed E-state index contributed by atoms with van der Waals surface area (Å²) in [6, 6.07) is 6.68. The summed E-state index contributed by atoms with van der Waals surface area (Å²) in [6.07, 6.45) is 6.70. The van der Waals surface area contributed by atoms with Crippen molar-refractivity contribution in [3.05, 3.63) is 81.6 Å². The fourth-order valence-electron chi connectivity index (χ4n) is 3.43. The van der Waals surface area contributed by atoms with Crippen LogP contribution >= 0.6 is 0 Å². The van der Waals surface area contributed by atoms with Gasteiger partial charge in [-0.25, -0.2) is 4.79 Å². The lowest BCUT2D eigenvalue weighted by Gasteiger charge is -2.30. The second-order valence-corrected chi connectivity index (χ2v) is 6.02. The van der Waals surface area contributed by atoms with E-state index in [9.17, 15) is 14.9 Å². The van der Waals surface area contributed by atoms with E-state index in [1.165, 1.54) is 18.2 Å². The van der Waals surface area contributed by atoms with Gasteiger partial charge in [-0.2, -0.15) is 0 Å². The Balaban J connectivity index is 1.61. The van der Waals surface area contributed by atoms with E-state index in [2.05, 4.69) is 0 Å². The third-order valence-corrected chi connectivity index (χ3v) is 4.55. The zero-order valence-corrected chi connectivity index (χ0v) is 13.1. The molecular formula is C17H11NO8. The zero-order valence-electron chi connectivity index (χ0n) is 13.1. The molecular weight excluding hydrogens is 346 g/mol. The molecule has 3 unspecified atom stereocenters. The number of hydrogen-bond donors (Lipinski definition) is 0. The Kier molecular flexibility index (Phi) is 2.88. The predicted molar refractivity (Wildman–Crippen MR) is 81.6 cm³/mol. The van der Waals surface area contributed by atoms with Crippen LogP contribution in [0.4, 0.5) is 0 Å². The van der Waals surface area contributed by atoms with Gasteiger partial charge in [0.25, 0.3) is 11.6 Å². The van der Waals surface area contributed by atoms with Crippen LogP contribution in [0.1, 0.15) is 15.9 Å². The van der Waals surface area contributed by atoms with Gasteiger partial charge in [-0.05, 0) is 29.9 Å². The number of nitrogens with zero attached hydrogens (tertiary/aromatic N) is 1. The molecule has 2 fully saturated rings. The molecule has 0 saturated carbocycles. The normalized spacial score (nSPS) is 36.8. The summed E-state index contributed by atoms with van der Waals surface area (Å²) in [7, 11) is 0.